The zero-order valence-corrected chi connectivity index (χ0v) is 35.0. The molecule has 56 heavy (non-hydrogen) atoms. The largest absolute Gasteiger partial charge is 0.481 e. The Hall–Kier alpha value is -2.85. The predicted molar refractivity (Wildman–Crippen MR) is 218 cm³/mol. The molecule has 0 fully saturated rings. The summed E-state index contributed by atoms with van der Waals surface area (Å²) in [5.41, 5.74) is 5.42. The lowest BCUT2D eigenvalue weighted by molar-refractivity contribution is -0.137. The van der Waals surface area contributed by atoms with Crippen LogP contribution in [0.2, 0.25) is 0 Å². The first kappa shape index (κ1) is 53.1. The Bertz CT molecular complexity index is 988. The normalized spacial score (nSPS) is 11.8. The molecule has 1 unspecified atom stereocenters. The third kappa shape index (κ3) is 40.8. The van der Waals surface area contributed by atoms with E-state index in [9.17, 15) is 24.0 Å². The number of rotatable bonds is 43. The molecule has 0 heterocycles. The number of hydrogen-bond donors (Lipinski definition) is 6. The predicted octanol–water partition coefficient (Wildman–Crippen LogP) is 4.53. The van der Waals surface area contributed by atoms with Gasteiger partial charge < -0.3 is 51.1 Å². The van der Waals surface area contributed by atoms with E-state index in [-0.39, 0.29) is 48.6 Å². The van der Waals surface area contributed by atoms with E-state index in [1.807, 2.05) is 13.8 Å². The Morgan fingerprint density at radius 3 is 1.25 bits per heavy atom. The number of carbonyl (C=O) groups is 5. The Balaban J connectivity index is 3.37. The van der Waals surface area contributed by atoms with Crippen LogP contribution in [-0.2, 0) is 42.9 Å². The Morgan fingerprint density at radius 2 is 0.839 bits per heavy atom. The standard InChI is InChI=1S/C41H79N5O10/c1-35(2)46-36(41(42)52)19-17-18-24-43-38(48)22-27-53-31-34-56-30-26-45-39(49)23-28-54-32-33-55-29-25-44-37(47)20-15-13-11-9-7-5-3-4-6-8-10-12-14-16-21-40(50)51/h35-36,46H,3-34H2,1-2H3,(H2,42,52)(H,43,48)(H,44,47)(H,45,49)(H,50,51). The van der Waals surface area contributed by atoms with E-state index in [0.717, 1.165) is 44.9 Å². The zero-order chi connectivity index (χ0) is 41.3. The van der Waals surface area contributed by atoms with Crippen LogP contribution in [0, 0.1) is 0 Å². The van der Waals surface area contributed by atoms with Crippen LogP contribution in [0.5, 0.6) is 0 Å². The van der Waals surface area contributed by atoms with Gasteiger partial charge in [-0.1, -0.05) is 90.9 Å². The molecule has 0 spiro atoms. The number of carboxylic acids is 1. The van der Waals surface area contributed by atoms with Gasteiger partial charge in [-0.15, -0.1) is 0 Å². The maximum Gasteiger partial charge on any atom is 0.303 e. The van der Waals surface area contributed by atoms with Crippen molar-refractivity contribution in [2.24, 2.45) is 5.73 Å². The van der Waals surface area contributed by atoms with Crippen LogP contribution in [0.15, 0.2) is 0 Å². The van der Waals surface area contributed by atoms with E-state index in [2.05, 4.69) is 21.3 Å². The summed E-state index contributed by atoms with van der Waals surface area (Å²) in [4.78, 5) is 57.9. The quantitative estimate of drug-likeness (QED) is 0.0471. The number of primary amides is 1. The summed E-state index contributed by atoms with van der Waals surface area (Å²) >= 11 is 0. The minimum atomic E-state index is -0.691. The molecule has 0 saturated carbocycles. The number of aliphatic carboxylic acids is 1. The van der Waals surface area contributed by atoms with Gasteiger partial charge in [-0.3, -0.25) is 24.0 Å². The minimum Gasteiger partial charge on any atom is -0.481 e. The lowest BCUT2D eigenvalue weighted by atomic mass is 10.0. The summed E-state index contributed by atoms with van der Waals surface area (Å²) in [7, 11) is 0. The lowest BCUT2D eigenvalue weighted by Gasteiger charge is -2.18. The highest BCUT2D eigenvalue weighted by molar-refractivity contribution is 5.79. The fourth-order valence-corrected chi connectivity index (χ4v) is 5.86. The van der Waals surface area contributed by atoms with Gasteiger partial charge in [-0.2, -0.15) is 0 Å². The van der Waals surface area contributed by atoms with Gasteiger partial charge in [0.15, 0.2) is 0 Å². The molecular weight excluding hydrogens is 722 g/mol. The highest BCUT2D eigenvalue weighted by atomic mass is 16.5. The van der Waals surface area contributed by atoms with E-state index in [4.69, 9.17) is 29.8 Å². The number of ether oxygens (including phenoxy) is 4. The molecule has 15 heteroatoms. The summed E-state index contributed by atoms with van der Waals surface area (Å²) in [6, 6.07) is -0.175. The van der Waals surface area contributed by atoms with Crippen molar-refractivity contribution >= 4 is 29.6 Å². The SMILES string of the molecule is CC(C)NC(CCCCNC(=O)CCOCCOCCNC(=O)CCOCCOCCNC(=O)CCCCCCCCCCCCCCCCC(=O)O)C(N)=O. The second-order valence-corrected chi connectivity index (χ2v) is 14.6. The molecule has 328 valence electrons. The summed E-state index contributed by atoms with van der Waals surface area (Å²) in [6.07, 6.45) is 19.8. The Morgan fingerprint density at radius 1 is 0.464 bits per heavy atom. The van der Waals surface area contributed by atoms with Crippen LogP contribution in [0.3, 0.4) is 0 Å². The van der Waals surface area contributed by atoms with Crippen LogP contribution in [0.25, 0.3) is 0 Å². The average Bonchev–Trinajstić information content (AvgIpc) is 3.15. The molecule has 0 aromatic heterocycles. The number of carbonyl (C=O) groups excluding carboxylic acids is 4. The number of amides is 4. The van der Waals surface area contributed by atoms with Crippen LogP contribution in [0.1, 0.15) is 149 Å². The smallest absolute Gasteiger partial charge is 0.303 e. The van der Waals surface area contributed by atoms with Crippen LogP contribution in [-0.4, -0.2) is 119 Å². The van der Waals surface area contributed by atoms with E-state index in [1.54, 1.807) is 0 Å². The van der Waals surface area contributed by atoms with E-state index in [0.29, 0.717) is 91.8 Å². The molecule has 0 aliphatic heterocycles. The van der Waals surface area contributed by atoms with Crippen molar-refractivity contribution in [1.29, 1.82) is 0 Å². The topological polar surface area (TPSA) is 217 Å². The molecular formula is C41H79N5O10. The molecule has 0 aliphatic rings. The molecule has 7 N–H and O–H groups in total. The van der Waals surface area contributed by atoms with Crippen molar-refractivity contribution in [1.82, 2.24) is 21.3 Å². The minimum absolute atomic E-state index is 0.0605. The van der Waals surface area contributed by atoms with Gasteiger partial charge in [0.05, 0.1) is 58.9 Å². The van der Waals surface area contributed by atoms with Crippen molar-refractivity contribution < 1.29 is 48.0 Å². The summed E-state index contributed by atoms with van der Waals surface area (Å²) in [5, 5.41) is 20.3. The first-order valence-corrected chi connectivity index (χ1v) is 21.5. The molecule has 1 atom stereocenters. The first-order valence-electron chi connectivity index (χ1n) is 21.5. The van der Waals surface area contributed by atoms with Crippen molar-refractivity contribution in [3.05, 3.63) is 0 Å². The highest BCUT2D eigenvalue weighted by Crippen LogP contribution is 2.14. The second-order valence-electron chi connectivity index (χ2n) is 14.6. The molecule has 0 radical (unpaired) electrons. The molecule has 0 aromatic carbocycles. The van der Waals surface area contributed by atoms with Crippen molar-refractivity contribution in [3.63, 3.8) is 0 Å². The summed E-state index contributed by atoms with van der Waals surface area (Å²) in [6.45, 7) is 8.16. The van der Waals surface area contributed by atoms with Gasteiger partial charge in [0.1, 0.15) is 0 Å². The van der Waals surface area contributed by atoms with Crippen LogP contribution in [0.4, 0.5) is 0 Å². The van der Waals surface area contributed by atoms with Crippen molar-refractivity contribution in [2.75, 3.05) is 72.5 Å². The number of nitrogens with one attached hydrogen (secondary N) is 4. The second kappa shape index (κ2) is 40.4. The van der Waals surface area contributed by atoms with E-state index >= 15 is 0 Å². The molecule has 0 aromatic rings. The number of unbranched alkanes of at least 4 members (excludes halogenated alkanes) is 14. The molecule has 0 rings (SSSR count). The zero-order valence-electron chi connectivity index (χ0n) is 35.0. The third-order valence-corrected chi connectivity index (χ3v) is 8.99. The summed E-state index contributed by atoms with van der Waals surface area (Å²) < 4.78 is 21.8. The van der Waals surface area contributed by atoms with Gasteiger partial charge in [0.25, 0.3) is 0 Å². The van der Waals surface area contributed by atoms with Crippen LogP contribution >= 0.6 is 0 Å². The fraction of sp³-hybridized carbons (Fsp3) is 0.878. The third-order valence-electron chi connectivity index (χ3n) is 8.99. The molecule has 15 nitrogen and oxygen atoms in total. The van der Waals surface area contributed by atoms with Crippen LogP contribution < -0.4 is 27.0 Å². The first-order chi connectivity index (χ1) is 27.1. The maximum absolute atomic E-state index is 12.0. The molecule has 0 aliphatic carbocycles. The fourth-order valence-electron chi connectivity index (χ4n) is 5.86. The maximum atomic E-state index is 12.0. The number of hydrogen-bond acceptors (Lipinski definition) is 10. The highest BCUT2D eigenvalue weighted by Gasteiger charge is 2.15. The number of nitrogens with two attached hydrogens (primary N) is 1. The van der Waals surface area contributed by atoms with Crippen molar-refractivity contribution in [2.45, 2.75) is 161 Å². The van der Waals surface area contributed by atoms with E-state index in [1.165, 1.54) is 57.8 Å². The van der Waals surface area contributed by atoms with Gasteiger partial charge in [-0.25, -0.2) is 0 Å². The monoisotopic (exact) mass is 802 g/mol. The Kier molecular flexibility index (Phi) is 38.3. The van der Waals surface area contributed by atoms with Crippen molar-refractivity contribution in [3.8, 4) is 0 Å². The lowest BCUT2D eigenvalue weighted by Crippen LogP contribution is -2.44. The van der Waals surface area contributed by atoms with Gasteiger partial charge in [0, 0.05) is 51.4 Å². The van der Waals surface area contributed by atoms with Gasteiger partial charge in [-0.05, 0) is 32.1 Å². The molecule has 0 saturated heterocycles. The molecule has 0 bridgehead atoms. The summed E-state index contributed by atoms with van der Waals surface area (Å²) in [5.74, 6) is -1.20. The van der Waals surface area contributed by atoms with Gasteiger partial charge in [0.2, 0.25) is 23.6 Å². The number of carboxylic acid groups (broad SMARTS) is 1. The average molecular weight is 802 g/mol. The molecule has 4 amide bonds. The van der Waals surface area contributed by atoms with Gasteiger partial charge >= 0.3 is 5.97 Å². The Labute approximate surface area is 337 Å². The van der Waals surface area contributed by atoms with E-state index < -0.39 is 5.97 Å².